The van der Waals surface area contributed by atoms with Gasteiger partial charge in [0.1, 0.15) is 5.82 Å². The summed E-state index contributed by atoms with van der Waals surface area (Å²) >= 11 is 6.11. The van der Waals surface area contributed by atoms with E-state index in [1.54, 1.807) is 4.90 Å². The van der Waals surface area contributed by atoms with Crippen LogP contribution >= 0.6 is 11.6 Å². The molecule has 1 aliphatic rings. The second-order valence-corrected chi connectivity index (χ2v) is 6.16. The Labute approximate surface area is 140 Å². The van der Waals surface area contributed by atoms with Crippen molar-refractivity contribution in [3.8, 4) is 0 Å². The van der Waals surface area contributed by atoms with Gasteiger partial charge >= 0.3 is 6.09 Å². The van der Waals surface area contributed by atoms with Crippen molar-refractivity contribution in [1.29, 1.82) is 0 Å². The van der Waals surface area contributed by atoms with Gasteiger partial charge in [-0.25, -0.2) is 9.78 Å². The molecular weight excluding hydrogens is 320 g/mol. The predicted molar refractivity (Wildman–Crippen MR) is 87.6 cm³/mol. The molecule has 7 nitrogen and oxygen atoms in total. The zero-order valence-corrected chi connectivity index (χ0v) is 14.0. The van der Waals surface area contributed by atoms with Crippen LogP contribution < -0.4 is 11.1 Å². The zero-order valence-electron chi connectivity index (χ0n) is 13.2. The van der Waals surface area contributed by atoms with Gasteiger partial charge in [-0.2, -0.15) is 0 Å². The third kappa shape index (κ3) is 4.72. The molecule has 126 valence electrons. The first kappa shape index (κ1) is 17.3. The molecule has 2 heterocycles. The number of halogens is 1. The number of piperidine rings is 1. The van der Waals surface area contributed by atoms with Crippen LogP contribution in [0.2, 0.25) is 5.02 Å². The Hall–Kier alpha value is -2.02. The molecule has 0 spiro atoms. The average molecular weight is 341 g/mol. The minimum absolute atomic E-state index is 0.120. The minimum Gasteiger partial charge on any atom is -0.447 e. The molecule has 8 heteroatoms. The number of anilines is 1. The van der Waals surface area contributed by atoms with Gasteiger partial charge in [0.05, 0.1) is 16.7 Å². The van der Waals surface area contributed by atoms with Gasteiger partial charge in [-0.3, -0.25) is 4.79 Å². The molecule has 3 N–H and O–H groups in total. The van der Waals surface area contributed by atoms with Crippen molar-refractivity contribution in [2.24, 2.45) is 5.73 Å². The standard InChI is InChI=1S/C15H21ClN4O3/c1-9(2)23-15(22)20-5-3-11(4-6-20)19-14-12(16)7-10(8-18-14)13(17)21/h7-9,11H,3-6H2,1-2H3,(H2,17,21)(H,18,19). The fourth-order valence-electron chi connectivity index (χ4n) is 2.35. The minimum atomic E-state index is -0.567. The van der Waals surface area contributed by atoms with Crippen LogP contribution in [0.1, 0.15) is 37.0 Å². The molecular formula is C15H21ClN4O3. The number of likely N-dealkylation sites (tertiary alicyclic amines) is 1. The van der Waals surface area contributed by atoms with Gasteiger partial charge in [0, 0.05) is 25.3 Å². The van der Waals surface area contributed by atoms with E-state index in [2.05, 4.69) is 10.3 Å². The van der Waals surface area contributed by atoms with E-state index in [4.69, 9.17) is 22.1 Å². The summed E-state index contributed by atoms with van der Waals surface area (Å²) in [6, 6.07) is 1.65. The topological polar surface area (TPSA) is 97.6 Å². The molecule has 0 aliphatic carbocycles. The molecule has 0 aromatic carbocycles. The maximum Gasteiger partial charge on any atom is 0.410 e. The number of primary amides is 1. The molecule has 1 aliphatic heterocycles. The normalized spacial score (nSPS) is 15.6. The fraction of sp³-hybridized carbons (Fsp3) is 0.533. The second-order valence-electron chi connectivity index (χ2n) is 5.76. The molecule has 1 fully saturated rings. The van der Waals surface area contributed by atoms with Crippen LogP contribution in [0.5, 0.6) is 0 Å². The summed E-state index contributed by atoms with van der Waals surface area (Å²) in [5.74, 6) is -0.0530. The van der Waals surface area contributed by atoms with E-state index in [1.807, 2.05) is 13.8 Å². The smallest absolute Gasteiger partial charge is 0.410 e. The maximum atomic E-state index is 11.8. The van der Waals surface area contributed by atoms with Crippen LogP contribution in [0.3, 0.4) is 0 Å². The molecule has 0 atom stereocenters. The van der Waals surface area contributed by atoms with E-state index in [0.29, 0.717) is 23.9 Å². The highest BCUT2D eigenvalue weighted by Crippen LogP contribution is 2.23. The van der Waals surface area contributed by atoms with Crippen molar-refractivity contribution < 1.29 is 14.3 Å². The van der Waals surface area contributed by atoms with Crippen LogP contribution in [0.25, 0.3) is 0 Å². The average Bonchev–Trinajstić information content (AvgIpc) is 2.49. The number of carbonyl (C=O) groups excluding carboxylic acids is 2. The SMILES string of the molecule is CC(C)OC(=O)N1CCC(Nc2ncc(C(N)=O)cc2Cl)CC1. The number of amides is 2. The monoisotopic (exact) mass is 340 g/mol. The summed E-state index contributed by atoms with van der Waals surface area (Å²) in [5, 5.41) is 3.59. The molecule has 2 amide bonds. The number of aromatic nitrogens is 1. The number of pyridine rings is 1. The largest absolute Gasteiger partial charge is 0.447 e. The molecule has 0 radical (unpaired) electrons. The lowest BCUT2D eigenvalue weighted by Gasteiger charge is -2.32. The van der Waals surface area contributed by atoms with Gasteiger partial charge in [0.15, 0.2) is 0 Å². The lowest BCUT2D eigenvalue weighted by Crippen LogP contribution is -2.43. The Balaban J connectivity index is 1.89. The first-order chi connectivity index (χ1) is 10.9. The van der Waals surface area contributed by atoms with Crippen molar-refractivity contribution in [1.82, 2.24) is 9.88 Å². The van der Waals surface area contributed by atoms with Crippen molar-refractivity contribution in [3.63, 3.8) is 0 Å². The molecule has 1 aromatic rings. The number of ether oxygens (including phenoxy) is 1. The highest BCUT2D eigenvalue weighted by Gasteiger charge is 2.24. The Kier molecular flexibility index (Phi) is 5.65. The molecule has 23 heavy (non-hydrogen) atoms. The zero-order chi connectivity index (χ0) is 17.0. The number of carbonyl (C=O) groups is 2. The molecule has 0 saturated carbocycles. The van der Waals surface area contributed by atoms with Crippen LogP contribution in [0.4, 0.5) is 10.6 Å². The molecule has 1 aromatic heterocycles. The summed E-state index contributed by atoms with van der Waals surface area (Å²) in [6.45, 7) is 4.88. The fourth-order valence-corrected chi connectivity index (χ4v) is 2.58. The van der Waals surface area contributed by atoms with E-state index in [0.717, 1.165) is 12.8 Å². The summed E-state index contributed by atoms with van der Waals surface area (Å²) in [7, 11) is 0. The van der Waals surface area contributed by atoms with E-state index in [9.17, 15) is 9.59 Å². The van der Waals surface area contributed by atoms with Gasteiger partial charge in [0.25, 0.3) is 0 Å². The number of hydrogen-bond acceptors (Lipinski definition) is 5. The van der Waals surface area contributed by atoms with Crippen molar-refractivity contribution >= 4 is 29.4 Å². The maximum absolute atomic E-state index is 11.8. The number of nitrogens with zero attached hydrogens (tertiary/aromatic N) is 2. The Morgan fingerprint density at radius 3 is 2.61 bits per heavy atom. The first-order valence-electron chi connectivity index (χ1n) is 7.54. The van der Waals surface area contributed by atoms with Gasteiger partial charge < -0.3 is 20.7 Å². The lowest BCUT2D eigenvalue weighted by molar-refractivity contribution is 0.0701. The Morgan fingerprint density at radius 2 is 2.09 bits per heavy atom. The van der Waals surface area contributed by atoms with Crippen LogP contribution in [-0.2, 0) is 4.74 Å². The van der Waals surface area contributed by atoms with E-state index >= 15 is 0 Å². The van der Waals surface area contributed by atoms with Gasteiger partial charge in [0.2, 0.25) is 5.91 Å². The third-order valence-corrected chi connectivity index (χ3v) is 3.84. The summed E-state index contributed by atoms with van der Waals surface area (Å²) in [5.41, 5.74) is 5.46. The quantitative estimate of drug-likeness (QED) is 0.876. The summed E-state index contributed by atoms with van der Waals surface area (Å²) in [4.78, 5) is 28.8. The van der Waals surface area contributed by atoms with Crippen LogP contribution in [0, 0.1) is 0 Å². The first-order valence-corrected chi connectivity index (χ1v) is 7.92. The Morgan fingerprint density at radius 1 is 1.43 bits per heavy atom. The summed E-state index contributed by atoms with van der Waals surface area (Å²) < 4.78 is 5.19. The second kappa shape index (κ2) is 7.50. The van der Waals surface area contributed by atoms with Crippen molar-refractivity contribution in [3.05, 3.63) is 22.8 Å². The lowest BCUT2D eigenvalue weighted by atomic mass is 10.1. The number of nitrogens with one attached hydrogen (secondary N) is 1. The number of rotatable bonds is 4. The molecule has 0 unspecified atom stereocenters. The van der Waals surface area contributed by atoms with E-state index < -0.39 is 5.91 Å². The van der Waals surface area contributed by atoms with Crippen LogP contribution in [-0.4, -0.2) is 47.1 Å². The predicted octanol–water partition coefficient (Wildman–Crippen LogP) is 2.26. The van der Waals surface area contributed by atoms with Crippen molar-refractivity contribution in [2.45, 2.75) is 38.8 Å². The van der Waals surface area contributed by atoms with E-state index in [1.165, 1.54) is 12.3 Å². The number of nitrogens with two attached hydrogens (primary N) is 1. The van der Waals surface area contributed by atoms with Crippen molar-refractivity contribution in [2.75, 3.05) is 18.4 Å². The molecule has 1 saturated heterocycles. The van der Waals surface area contributed by atoms with Gasteiger partial charge in [-0.1, -0.05) is 11.6 Å². The van der Waals surface area contributed by atoms with Crippen LogP contribution in [0.15, 0.2) is 12.3 Å². The number of hydrogen-bond donors (Lipinski definition) is 2. The third-order valence-electron chi connectivity index (χ3n) is 3.56. The highest BCUT2D eigenvalue weighted by molar-refractivity contribution is 6.33. The summed E-state index contributed by atoms with van der Waals surface area (Å²) in [6.07, 6.45) is 2.53. The molecule has 0 bridgehead atoms. The van der Waals surface area contributed by atoms with E-state index in [-0.39, 0.29) is 23.8 Å². The van der Waals surface area contributed by atoms with Gasteiger partial charge in [-0.15, -0.1) is 0 Å². The van der Waals surface area contributed by atoms with Gasteiger partial charge in [-0.05, 0) is 32.8 Å². The molecule has 2 rings (SSSR count). The Bertz CT molecular complexity index is 586. The highest BCUT2D eigenvalue weighted by atomic mass is 35.5.